The zero-order valence-corrected chi connectivity index (χ0v) is 9.70. The van der Waals surface area contributed by atoms with Crippen molar-refractivity contribution in [3.63, 3.8) is 0 Å². The second-order valence-electron chi connectivity index (χ2n) is 3.69. The van der Waals surface area contributed by atoms with Gasteiger partial charge < -0.3 is 0 Å². The van der Waals surface area contributed by atoms with Crippen LogP contribution in [0.1, 0.15) is 19.0 Å². The third-order valence-corrected chi connectivity index (χ3v) is 2.41. The van der Waals surface area contributed by atoms with Gasteiger partial charge in [-0.25, -0.2) is 9.36 Å². The maximum Gasteiger partial charge on any atom is 0.336 e. The Morgan fingerprint density at radius 2 is 2.29 bits per heavy atom. The van der Waals surface area contributed by atoms with E-state index in [1.165, 1.54) is 4.68 Å². The molecule has 0 aromatic carbocycles. The normalized spacial score (nSPS) is 10.7. The van der Waals surface area contributed by atoms with Gasteiger partial charge in [0, 0.05) is 18.9 Å². The van der Waals surface area contributed by atoms with Gasteiger partial charge in [-0.05, 0) is 19.4 Å². The molecule has 2 aromatic heterocycles. The minimum Gasteiger partial charge on any atom is -0.258 e. The molecule has 0 amide bonds. The average molecular weight is 235 g/mol. The van der Waals surface area contributed by atoms with Gasteiger partial charge in [0.25, 0.3) is 0 Å². The van der Waals surface area contributed by atoms with Gasteiger partial charge in [-0.15, -0.1) is 0 Å². The van der Waals surface area contributed by atoms with E-state index in [2.05, 4.69) is 10.2 Å². The number of aromatic nitrogens is 4. The molecule has 0 radical (unpaired) electrons. The Kier molecular flexibility index (Phi) is 2.90. The van der Waals surface area contributed by atoms with E-state index in [1.807, 2.05) is 6.92 Å². The van der Waals surface area contributed by atoms with Crippen LogP contribution in [-0.2, 0) is 6.54 Å². The highest BCUT2D eigenvalue weighted by Crippen LogP contribution is 2.26. The molecule has 17 heavy (non-hydrogen) atoms. The predicted octanol–water partition coefficient (Wildman–Crippen LogP) is 1.70. The Morgan fingerprint density at radius 3 is 2.82 bits per heavy atom. The fourth-order valence-corrected chi connectivity index (χ4v) is 1.76. The molecule has 2 rings (SSSR count). The lowest BCUT2D eigenvalue weighted by atomic mass is 10.4. The summed E-state index contributed by atoms with van der Waals surface area (Å²) in [7, 11) is 0. The minimum absolute atomic E-state index is 0.0159. The van der Waals surface area contributed by atoms with Crippen LogP contribution in [0.2, 0.25) is 0 Å². The second-order valence-corrected chi connectivity index (χ2v) is 3.69. The van der Waals surface area contributed by atoms with Crippen molar-refractivity contribution >= 4 is 5.69 Å². The smallest absolute Gasteiger partial charge is 0.258 e. The van der Waals surface area contributed by atoms with Gasteiger partial charge >= 0.3 is 5.69 Å². The van der Waals surface area contributed by atoms with Crippen LogP contribution in [0.25, 0.3) is 5.82 Å². The minimum atomic E-state index is -0.411. The molecule has 7 heteroatoms. The Hall–Kier alpha value is -2.18. The number of hydrogen-bond donors (Lipinski definition) is 0. The Morgan fingerprint density at radius 1 is 1.53 bits per heavy atom. The fraction of sp³-hybridized carbons (Fsp3) is 0.400. The first-order valence-corrected chi connectivity index (χ1v) is 5.37. The van der Waals surface area contributed by atoms with Gasteiger partial charge in [0.2, 0.25) is 5.82 Å². The summed E-state index contributed by atoms with van der Waals surface area (Å²) < 4.78 is 3.11. The number of nitro groups is 1. The van der Waals surface area contributed by atoms with E-state index in [-0.39, 0.29) is 5.69 Å². The number of aryl methyl sites for hydroxylation is 2. The average Bonchev–Trinajstić information content (AvgIpc) is 2.85. The van der Waals surface area contributed by atoms with Crippen molar-refractivity contribution in [2.24, 2.45) is 0 Å². The first kappa shape index (κ1) is 11.3. The van der Waals surface area contributed by atoms with Crippen molar-refractivity contribution in [3.05, 3.63) is 34.3 Å². The zero-order chi connectivity index (χ0) is 12.4. The molecule has 7 nitrogen and oxygen atoms in total. The summed E-state index contributed by atoms with van der Waals surface area (Å²) in [4.78, 5) is 10.7. The summed E-state index contributed by atoms with van der Waals surface area (Å²) >= 11 is 0. The summed E-state index contributed by atoms with van der Waals surface area (Å²) in [5, 5.41) is 19.3. The van der Waals surface area contributed by atoms with E-state index >= 15 is 0 Å². The molecule has 0 spiro atoms. The molecule has 0 fully saturated rings. The van der Waals surface area contributed by atoms with Gasteiger partial charge in [-0.1, -0.05) is 6.92 Å². The number of hydrogen-bond acceptors (Lipinski definition) is 4. The standard InChI is InChI=1S/C10H13N5O2/c1-3-6-14-10(13-7-4-5-11-13)9(15(16)17)8(2)12-14/h4-5,7H,3,6H2,1-2H3. The van der Waals surface area contributed by atoms with Crippen LogP contribution >= 0.6 is 0 Å². The summed E-state index contributed by atoms with van der Waals surface area (Å²) in [5.41, 5.74) is 0.427. The quantitative estimate of drug-likeness (QED) is 0.596. The molecule has 0 aliphatic rings. The highest BCUT2D eigenvalue weighted by atomic mass is 16.6. The van der Waals surface area contributed by atoms with E-state index < -0.39 is 4.92 Å². The van der Waals surface area contributed by atoms with Crippen LogP contribution < -0.4 is 0 Å². The predicted molar refractivity (Wildman–Crippen MR) is 61.0 cm³/mol. The summed E-state index contributed by atoms with van der Waals surface area (Å²) in [5.74, 6) is 0.416. The van der Waals surface area contributed by atoms with Crippen LogP contribution in [0.4, 0.5) is 5.69 Å². The molecule has 90 valence electrons. The molecule has 0 aliphatic carbocycles. The third kappa shape index (κ3) is 1.91. The van der Waals surface area contributed by atoms with Gasteiger partial charge in [0.15, 0.2) is 0 Å². The third-order valence-electron chi connectivity index (χ3n) is 2.41. The molecule has 0 bridgehead atoms. The molecule has 2 aromatic rings. The van der Waals surface area contributed by atoms with Gasteiger partial charge in [-0.2, -0.15) is 10.2 Å². The van der Waals surface area contributed by atoms with Crippen LogP contribution in [0, 0.1) is 17.0 Å². The lowest BCUT2D eigenvalue weighted by Gasteiger charge is -2.04. The van der Waals surface area contributed by atoms with Gasteiger partial charge in [0.1, 0.15) is 5.69 Å². The zero-order valence-electron chi connectivity index (χ0n) is 9.70. The van der Waals surface area contributed by atoms with Gasteiger partial charge in [-0.3, -0.25) is 10.1 Å². The van der Waals surface area contributed by atoms with Crippen LogP contribution in [0.5, 0.6) is 0 Å². The molecular weight excluding hydrogens is 222 g/mol. The van der Waals surface area contributed by atoms with E-state index in [0.29, 0.717) is 18.1 Å². The van der Waals surface area contributed by atoms with Crippen LogP contribution in [0.3, 0.4) is 0 Å². The topological polar surface area (TPSA) is 78.8 Å². The molecule has 0 saturated heterocycles. The molecule has 0 aliphatic heterocycles. The number of nitrogens with zero attached hydrogens (tertiary/aromatic N) is 5. The maximum absolute atomic E-state index is 11.1. The van der Waals surface area contributed by atoms with Crippen molar-refractivity contribution in [1.29, 1.82) is 0 Å². The highest BCUT2D eigenvalue weighted by molar-refractivity contribution is 5.50. The fourth-order valence-electron chi connectivity index (χ4n) is 1.76. The molecular formula is C10H13N5O2. The largest absolute Gasteiger partial charge is 0.336 e. The summed E-state index contributed by atoms with van der Waals surface area (Å²) in [6, 6.07) is 1.72. The Bertz CT molecular complexity index is 529. The first-order valence-electron chi connectivity index (χ1n) is 5.37. The second kappa shape index (κ2) is 4.36. The monoisotopic (exact) mass is 235 g/mol. The van der Waals surface area contributed by atoms with Crippen molar-refractivity contribution in [1.82, 2.24) is 19.6 Å². The lowest BCUT2D eigenvalue weighted by Crippen LogP contribution is -2.09. The van der Waals surface area contributed by atoms with E-state index in [9.17, 15) is 10.1 Å². The molecule has 0 atom stereocenters. The molecule has 0 saturated carbocycles. The van der Waals surface area contributed by atoms with Crippen molar-refractivity contribution in [2.75, 3.05) is 0 Å². The van der Waals surface area contributed by atoms with E-state index in [4.69, 9.17) is 0 Å². The van der Waals surface area contributed by atoms with Crippen LogP contribution in [-0.4, -0.2) is 24.5 Å². The first-order chi connectivity index (χ1) is 8.15. The molecule has 0 unspecified atom stereocenters. The lowest BCUT2D eigenvalue weighted by molar-refractivity contribution is -0.385. The maximum atomic E-state index is 11.1. The molecule has 2 heterocycles. The van der Waals surface area contributed by atoms with E-state index in [1.54, 1.807) is 30.1 Å². The highest BCUT2D eigenvalue weighted by Gasteiger charge is 2.26. The van der Waals surface area contributed by atoms with Crippen molar-refractivity contribution in [2.45, 2.75) is 26.8 Å². The summed E-state index contributed by atoms with van der Waals surface area (Å²) in [6.07, 6.45) is 4.12. The van der Waals surface area contributed by atoms with Gasteiger partial charge in [0.05, 0.1) is 4.92 Å². The summed E-state index contributed by atoms with van der Waals surface area (Å²) in [6.45, 7) is 4.26. The van der Waals surface area contributed by atoms with E-state index in [0.717, 1.165) is 6.42 Å². The SMILES string of the molecule is CCCn1nc(C)c([N+](=O)[O-])c1-n1cccn1. The Labute approximate surface area is 97.8 Å². The van der Waals surface area contributed by atoms with Crippen molar-refractivity contribution < 1.29 is 4.92 Å². The molecule has 0 N–H and O–H groups in total. The van der Waals surface area contributed by atoms with Crippen LogP contribution in [0.15, 0.2) is 18.5 Å². The Balaban J connectivity index is 2.63. The van der Waals surface area contributed by atoms with Crippen molar-refractivity contribution in [3.8, 4) is 5.82 Å². The number of rotatable bonds is 4.